The molecule has 4 rings (SSSR count). The van der Waals surface area contributed by atoms with Crippen LogP contribution in [0.4, 0.5) is 0 Å². The number of fused-ring (bicyclic) bond motifs is 1. The first-order valence-electron chi connectivity index (χ1n) is 10.4. The number of methoxy groups -OCH3 is 1. The molecule has 1 atom stereocenters. The number of aliphatic hydroxyl groups is 1. The van der Waals surface area contributed by atoms with Gasteiger partial charge in [0.2, 0.25) is 5.78 Å². The lowest BCUT2D eigenvalue weighted by atomic mass is 9.94. The van der Waals surface area contributed by atoms with Crippen molar-refractivity contribution in [2.75, 3.05) is 34.3 Å². The number of furan rings is 1. The summed E-state index contributed by atoms with van der Waals surface area (Å²) in [5.74, 6) is -2.24. The minimum absolute atomic E-state index is 0.0381. The summed E-state index contributed by atoms with van der Waals surface area (Å²) in [4.78, 5) is 41.7. The second-order valence-corrected chi connectivity index (χ2v) is 8.06. The lowest BCUT2D eigenvalue weighted by Crippen LogP contribution is -2.36. The minimum atomic E-state index is -0.829. The molecular weight excluding hydrogens is 424 g/mol. The van der Waals surface area contributed by atoms with Gasteiger partial charge in [0.05, 0.1) is 24.3 Å². The number of aliphatic hydroxyl groups excluding tert-OH is 1. The molecule has 0 unspecified atom stereocenters. The molecule has 3 aromatic rings. The second-order valence-electron chi connectivity index (χ2n) is 8.06. The molecule has 1 amide bonds. The summed E-state index contributed by atoms with van der Waals surface area (Å²) < 4.78 is 10.5. The molecule has 0 saturated heterocycles. The fourth-order valence-corrected chi connectivity index (χ4v) is 3.92. The van der Waals surface area contributed by atoms with Gasteiger partial charge in [-0.25, -0.2) is 4.79 Å². The zero-order valence-electron chi connectivity index (χ0n) is 18.6. The maximum atomic E-state index is 13.5. The first-order valence-corrected chi connectivity index (χ1v) is 10.4. The van der Waals surface area contributed by atoms with Gasteiger partial charge in [-0.2, -0.15) is 0 Å². The zero-order valence-corrected chi connectivity index (χ0v) is 18.6. The summed E-state index contributed by atoms with van der Waals surface area (Å²) in [6.07, 6.45) is 0. The number of amides is 1. The zero-order chi connectivity index (χ0) is 23.7. The van der Waals surface area contributed by atoms with Crippen LogP contribution < -0.4 is 0 Å². The van der Waals surface area contributed by atoms with Gasteiger partial charge in [-0.3, -0.25) is 9.59 Å². The van der Waals surface area contributed by atoms with Crippen LogP contribution in [0.1, 0.15) is 32.5 Å². The maximum Gasteiger partial charge on any atom is 0.337 e. The van der Waals surface area contributed by atoms with Gasteiger partial charge in [0.25, 0.3) is 5.91 Å². The Balaban J connectivity index is 1.77. The average Bonchev–Trinajstić information content (AvgIpc) is 3.36. The van der Waals surface area contributed by atoms with Crippen molar-refractivity contribution in [3.8, 4) is 0 Å². The predicted molar refractivity (Wildman–Crippen MR) is 121 cm³/mol. The quantitative estimate of drug-likeness (QED) is 0.437. The van der Waals surface area contributed by atoms with E-state index in [0.717, 1.165) is 5.39 Å². The van der Waals surface area contributed by atoms with Gasteiger partial charge < -0.3 is 24.1 Å². The molecule has 33 heavy (non-hydrogen) atoms. The Morgan fingerprint density at radius 1 is 1.12 bits per heavy atom. The smallest absolute Gasteiger partial charge is 0.337 e. The molecule has 0 fully saturated rings. The van der Waals surface area contributed by atoms with E-state index in [1.807, 2.05) is 31.1 Å². The van der Waals surface area contributed by atoms with E-state index >= 15 is 0 Å². The molecule has 8 heteroatoms. The standard InChI is InChI=1S/C25H24N2O6/c1-26(2)12-13-27-21(15-8-10-16(11-9-15)25(31)32-3)20(23(29)24(27)30)22(28)19-14-17-6-4-5-7-18(17)33-19/h4-11,14,21,29H,12-13H2,1-3H3/t21-/m0/s1. The number of Topliss-reactive ketones (excluding diaryl/α,β-unsaturated/α-hetero) is 1. The number of benzene rings is 2. The molecule has 0 radical (unpaired) electrons. The molecule has 8 nitrogen and oxygen atoms in total. The topological polar surface area (TPSA) is 100 Å². The number of likely N-dealkylation sites (N-methyl/N-ethyl adjacent to an activating group) is 1. The van der Waals surface area contributed by atoms with E-state index in [2.05, 4.69) is 0 Å². The maximum absolute atomic E-state index is 13.5. The fourth-order valence-electron chi connectivity index (χ4n) is 3.92. The number of hydrogen-bond donors (Lipinski definition) is 1. The van der Waals surface area contributed by atoms with Crippen LogP contribution >= 0.6 is 0 Å². The second kappa shape index (κ2) is 8.91. The highest BCUT2D eigenvalue weighted by Crippen LogP contribution is 2.39. The first-order chi connectivity index (χ1) is 15.8. The van der Waals surface area contributed by atoms with E-state index in [-0.39, 0.29) is 17.9 Å². The highest BCUT2D eigenvalue weighted by atomic mass is 16.5. The van der Waals surface area contributed by atoms with Gasteiger partial charge in [-0.1, -0.05) is 30.3 Å². The number of esters is 1. The summed E-state index contributed by atoms with van der Waals surface area (Å²) in [7, 11) is 5.03. The Bertz CT molecular complexity index is 1220. The van der Waals surface area contributed by atoms with Crippen LogP contribution in [0.5, 0.6) is 0 Å². The summed E-state index contributed by atoms with van der Waals surface area (Å²) in [6, 6.07) is 14.4. The molecule has 0 saturated carbocycles. The summed E-state index contributed by atoms with van der Waals surface area (Å²) >= 11 is 0. The molecule has 170 valence electrons. The Morgan fingerprint density at radius 3 is 2.45 bits per heavy atom. The fraction of sp³-hybridized carbons (Fsp3) is 0.240. The normalized spacial score (nSPS) is 16.2. The number of hydrogen-bond acceptors (Lipinski definition) is 7. The molecule has 2 heterocycles. The molecular formula is C25H24N2O6. The van der Waals surface area contributed by atoms with Crippen LogP contribution in [0.25, 0.3) is 11.0 Å². The van der Waals surface area contributed by atoms with Gasteiger partial charge in [0.15, 0.2) is 11.5 Å². The minimum Gasteiger partial charge on any atom is -0.503 e. The number of para-hydroxylation sites is 1. The van der Waals surface area contributed by atoms with E-state index in [4.69, 9.17) is 9.15 Å². The van der Waals surface area contributed by atoms with Crippen LogP contribution in [0.15, 0.2) is 70.3 Å². The van der Waals surface area contributed by atoms with Crippen molar-refractivity contribution < 1.29 is 28.6 Å². The number of carbonyl (C=O) groups excluding carboxylic acids is 3. The monoisotopic (exact) mass is 448 g/mol. The number of rotatable bonds is 7. The highest BCUT2D eigenvalue weighted by molar-refractivity contribution is 6.16. The SMILES string of the molecule is COC(=O)c1ccc([C@H]2C(C(=O)c3cc4ccccc4o3)=C(O)C(=O)N2CCN(C)C)cc1. The van der Waals surface area contributed by atoms with Gasteiger partial charge >= 0.3 is 5.97 Å². The average molecular weight is 448 g/mol. The van der Waals surface area contributed by atoms with E-state index in [1.54, 1.807) is 42.5 Å². The number of ketones is 1. The third kappa shape index (κ3) is 4.12. The van der Waals surface area contributed by atoms with Gasteiger partial charge in [-0.05, 0) is 43.9 Å². The number of nitrogens with zero attached hydrogens (tertiary/aromatic N) is 2. The van der Waals surface area contributed by atoms with Gasteiger partial charge in [0.1, 0.15) is 5.58 Å². The largest absolute Gasteiger partial charge is 0.503 e. The molecule has 1 aliphatic heterocycles. The summed E-state index contributed by atoms with van der Waals surface area (Å²) in [5, 5.41) is 11.5. The van der Waals surface area contributed by atoms with E-state index in [1.165, 1.54) is 12.0 Å². The third-order valence-corrected chi connectivity index (χ3v) is 5.63. The van der Waals surface area contributed by atoms with Crippen molar-refractivity contribution >= 4 is 28.6 Å². The van der Waals surface area contributed by atoms with Crippen molar-refractivity contribution in [3.63, 3.8) is 0 Å². The van der Waals surface area contributed by atoms with Crippen molar-refractivity contribution in [3.05, 3.63) is 82.8 Å². The Kier molecular flexibility index (Phi) is 6.02. The summed E-state index contributed by atoms with van der Waals surface area (Å²) in [6.45, 7) is 0.818. The van der Waals surface area contributed by atoms with Crippen molar-refractivity contribution in [1.82, 2.24) is 9.80 Å². The van der Waals surface area contributed by atoms with E-state index in [0.29, 0.717) is 23.3 Å². The molecule has 0 spiro atoms. The molecule has 0 aliphatic carbocycles. The first kappa shape index (κ1) is 22.3. The van der Waals surface area contributed by atoms with E-state index < -0.39 is 29.5 Å². The van der Waals surface area contributed by atoms with E-state index in [9.17, 15) is 19.5 Å². The van der Waals surface area contributed by atoms with Crippen molar-refractivity contribution in [2.45, 2.75) is 6.04 Å². The van der Waals surface area contributed by atoms with Crippen LogP contribution in [-0.4, -0.2) is 66.9 Å². The lowest BCUT2D eigenvalue weighted by Gasteiger charge is -2.28. The van der Waals surface area contributed by atoms with Gasteiger partial charge in [-0.15, -0.1) is 0 Å². The molecule has 0 bridgehead atoms. The molecule has 1 aromatic heterocycles. The van der Waals surface area contributed by atoms with Gasteiger partial charge in [0, 0.05) is 18.5 Å². The van der Waals surface area contributed by atoms with Crippen LogP contribution in [0.3, 0.4) is 0 Å². The van der Waals surface area contributed by atoms with Crippen LogP contribution in [-0.2, 0) is 9.53 Å². The lowest BCUT2D eigenvalue weighted by molar-refractivity contribution is -0.129. The number of carbonyl (C=O) groups is 3. The third-order valence-electron chi connectivity index (χ3n) is 5.63. The van der Waals surface area contributed by atoms with Crippen molar-refractivity contribution in [2.24, 2.45) is 0 Å². The Morgan fingerprint density at radius 2 is 1.82 bits per heavy atom. The van der Waals surface area contributed by atoms with Crippen molar-refractivity contribution in [1.29, 1.82) is 0 Å². The molecule has 2 aromatic carbocycles. The molecule has 1 aliphatic rings. The highest BCUT2D eigenvalue weighted by Gasteiger charge is 2.44. The Hall–Kier alpha value is -3.91. The predicted octanol–water partition coefficient (Wildman–Crippen LogP) is 3.36. The molecule has 1 N–H and O–H groups in total. The summed E-state index contributed by atoms with van der Waals surface area (Å²) in [5.41, 5.74) is 1.40. The Labute approximate surface area is 190 Å². The van der Waals surface area contributed by atoms with Crippen LogP contribution in [0, 0.1) is 0 Å². The van der Waals surface area contributed by atoms with Crippen LogP contribution in [0.2, 0.25) is 0 Å². The number of ether oxygens (including phenoxy) is 1.